The Morgan fingerprint density at radius 2 is 2.33 bits per heavy atom. The van der Waals surface area contributed by atoms with Crippen LogP contribution < -0.4 is 0 Å². The Bertz CT molecular complexity index is 288. The highest BCUT2D eigenvalue weighted by molar-refractivity contribution is 8.04. The number of hydrogen-bond acceptors (Lipinski definition) is 4. The van der Waals surface area contributed by atoms with Gasteiger partial charge < -0.3 is 9.64 Å². The van der Waals surface area contributed by atoms with Crippen LogP contribution in [0.15, 0.2) is 11.1 Å². The Balaban J connectivity index is 2.67. The lowest BCUT2D eigenvalue weighted by atomic mass is 10.4. The van der Waals surface area contributed by atoms with Crippen LogP contribution in [0.25, 0.3) is 0 Å². The summed E-state index contributed by atoms with van der Waals surface area (Å²) in [6, 6.07) is 0. The second kappa shape index (κ2) is 5.80. The van der Waals surface area contributed by atoms with Gasteiger partial charge in [-0.3, -0.25) is 4.79 Å². The molecule has 1 heterocycles. The summed E-state index contributed by atoms with van der Waals surface area (Å²) in [5.74, 6) is 0.110. The van der Waals surface area contributed by atoms with Gasteiger partial charge >= 0.3 is 5.97 Å². The summed E-state index contributed by atoms with van der Waals surface area (Å²) < 4.78 is 4.80. The molecule has 0 aliphatic carbocycles. The highest BCUT2D eigenvalue weighted by Crippen LogP contribution is 2.28. The van der Waals surface area contributed by atoms with Crippen LogP contribution in [0.3, 0.4) is 0 Å². The minimum atomic E-state index is -0.379. The minimum Gasteiger partial charge on any atom is -0.463 e. The molecule has 0 atom stereocenters. The van der Waals surface area contributed by atoms with Crippen molar-refractivity contribution in [1.29, 1.82) is 0 Å². The third-order valence-electron chi connectivity index (χ3n) is 1.89. The lowest BCUT2D eigenvalue weighted by Gasteiger charge is -2.15. The van der Waals surface area contributed by atoms with Gasteiger partial charge in [-0.05, 0) is 13.3 Å². The number of amides is 1. The van der Waals surface area contributed by atoms with E-state index >= 15 is 0 Å². The fourth-order valence-electron chi connectivity index (χ4n) is 1.28. The summed E-state index contributed by atoms with van der Waals surface area (Å²) in [7, 11) is 0. The normalized spacial score (nSPS) is 18.7. The number of nitrogens with zero attached hydrogens (tertiary/aromatic N) is 1. The summed E-state index contributed by atoms with van der Waals surface area (Å²) >= 11 is 1.39. The highest BCUT2D eigenvalue weighted by Gasteiger charge is 2.26. The van der Waals surface area contributed by atoms with Gasteiger partial charge in [0.15, 0.2) is 0 Å². The molecule has 0 bridgehead atoms. The number of hydrogen-bond donors (Lipinski definition) is 0. The van der Waals surface area contributed by atoms with E-state index < -0.39 is 0 Å². The number of thioether (sulfide) groups is 1. The summed E-state index contributed by atoms with van der Waals surface area (Å²) in [6.07, 6.45) is 2.28. The molecule has 0 radical (unpaired) electrons. The number of ether oxygens (including phenoxy) is 1. The molecule has 0 N–H and O–H groups in total. The molecular weight excluding hydrogens is 214 g/mol. The number of carbonyl (C=O) groups is 2. The Morgan fingerprint density at radius 3 is 2.93 bits per heavy atom. The summed E-state index contributed by atoms with van der Waals surface area (Å²) in [5.41, 5.74) is 0. The second-order valence-corrected chi connectivity index (χ2v) is 4.06. The van der Waals surface area contributed by atoms with Gasteiger partial charge in [-0.25, -0.2) is 4.79 Å². The van der Waals surface area contributed by atoms with Crippen LogP contribution in [-0.2, 0) is 14.3 Å². The molecule has 1 amide bonds. The zero-order valence-corrected chi connectivity index (χ0v) is 9.80. The van der Waals surface area contributed by atoms with Crippen LogP contribution in [0.5, 0.6) is 0 Å². The average molecular weight is 229 g/mol. The second-order valence-electron chi connectivity index (χ2n) is 3.07. The van der Waals surface area contributed by atoms with Crippen LogP contribution in [-0.4, -0.2) is 35.7 Å². The average Bonchev–Trinajstić information content (AvgIpc) is 2.51. The fourth-order valence-corrected chi connectivity index (χ4v) is 2.23. The lowest BCUT2D eigenvalue weighted by Crippen LogP contribution is -2.25. The van der Waals surface area contributed by atoms with Gasteiger partial charge in [0.05, 0.1) is 23.5 Å². The van der Waals surface area contributed by atoms with Crippen molar-refractivity contribution in [3.63, 3.8) is 0 Å². The smallest absolute Gasteiger partial charge is 0.333 e. The molecule has 4 nitrogen and oxygen atoms in total. The number of rotatable bonds is 4. The Kier molecular flexibility index (Phi) is 4.68. The van der Waals surface area contributed by atoms with Crippen LogP contribution in [0.1, 0.15) is 20.3 Å². The molecule has 1 saturated heterocycles. The number of carbonyl (C=O) groups excluding carboxylic acids is 2. The maximum Gasteiger partial charge on any atom is 0.333 e. The molecule has 0 saturated carbocycles. The Labute approximate surface area is 93.6 Å². The largest absolute Gasteiger partial charge is 0.463 e. The molecular formula is C10H15NO3S. The highest BCUT2D eigenvalue weighted by atomic mass is 32.2. The molecule has 1 aliphatic heterocycles. The van der Waals surface area contributed by atoms with E-state index in [2.05, 4.69) is 0 Å². The molecule has 0 aromatic carbocycles. The van der Waals surface area contributed by atoms with Gasteiger partial charge in [0.2, 0.25) is 5.91 Å². The first-order valence-electron chi connectivity index (χ1n) is 5.00. The monoisotopic (exact) mass is 229 g/mol. The van der Waals surface area contributed by atoms with Crippen molar-refractivity contribution >= 4 is 23.6 Å². The maximum absolute atomic E-state index is 11.4. The van der Waals surface area contributed by atoms with Crippen molar-refractivity contribution < 1.29 is 14.3 Å². The summed E-state index contributed by atoms with van der Waals surface area (Å²) in [6.45, 7) is 4.78. The molecule has 0 unspecified atom stereocenters. The maximum atomic E-state index is 11.4. The first-order chi connectivity index (χ1) is 7.19. The summed E-state index contributed by atoms with van der Waals surface area (Å²) in [4.78, 5) is 24.3. The predicted molar refractivity (Wildman–Crippen MR) is 59.2 cm³/mol. The van der Waals surface area contributed by atoms with Gasteiger partial charge in [0, 0.05) is 6.54 Å². The third-order valence-corrected chi connectivity index (χ3v) is 2.91. The van der Waals surface area contributed by atoms with Crippen LogP contribution in [0, 0.1) is 0 Å². The van der Waals surface area contributed by atoms with E-state index in [-0.39, 0.29) is 11.9 Å². The van der Waals surface area contributed by atoms with E-state index in [1.165, 1.54) is 17.8 Å². The van der Waals surface area contributed by atoms with Gasteiger partial charge in [-0.1, -0.05) is 18.7 Å². The van der Waals surface area contributed by atoms with Gasteiger partial charge in [-0.2, -0.15) is 0 Å². The van der Waals surface area contributed by atoms with Crippen LogP contribution >= 0.6 is 11.8 Å². The molecule has 5 heteroatoms. The molecule has 0 spiro atoms. The molecule has 1 fully saturated rings. The van der Waals surface area contributed by atoms with E-state index in [0.29, 0.717) is 23.9 Å². The van der Waals surface area contributed by atoms with Gasteiger partial charge in [0.25, 0.3) is 0 Å². The van der Waals surface area contributed by atoms with Crippen LogP contribution in [0.2, 0.25) is 0 Å². The zero-order chi connectivity index (χ0) is 11.3. The predicted octanol–water partition coefficient (Wildman–Crippen LogP) is 1.38. The van der Waals surface area contributed by atoms with E-state index in [1.807, 2.05) is 6.92 Å². The Morgan fingerprint density at radius 1 is 1.60 bits per heavy atom. The standard InChI is InChI=1S/C10H15NO3S/c1-3-5-11-8(12)7-15-9(11)6-10(13)14-4-2/h6H,3-5,7H2,1-2H3/b9-6-. The molecule has 1 aliphatic rings. The topological polar surface area (TPSA) is 46.6 Å². The molecule has 1 rings (SSSR count). The van der Waals surface area contributed by atoms with E-state index in [0.717, 1.165) is 6.42 Å². The SMILES string of the molecule is CCCN1C(=O)CS/C1=C\C(=O)OCC. The molecule has 15 heavy (non-hydrogen) atoms. The molecule has 0 aromatic rings. The fraction of sp³-hybridized carbons (Fsp3) is 0.600. The first-order valence-corrected chi connectivity index (χ1v) is 5.99. The van der Waals surface area contributed by atoms with E-state index in [4.69, 9.17) is 4.74 Å². The van der Waals surface area contributed by atoms with Crippen molar-refractivity contribution in [1.82, 2.24) is 4.90 Å². The molecule has 84 valence electrons. The quantitative estimate of drug-likeness (QED) is 0.539. The van der Waals surface area contributed by atoms with Crippen molar-refractivity contribution in [2.45, 2.75) is 20.3 Å². The van der Waals surface area contributed by atoms with Gasteiger partial charge in [0.1, 0.15) is 0 Å². The lowest BCUT2D eigenvalue weighted by molar-refractivity contribution is -0.137. The van der Waals surface area contributed by atoms with Crippen molar-refractivity contribution in [2.75, 3.05) is 18.9 Å². The van der Waals surface area contributed by atoms with Gasteiger partial charge in [-0.15, -0.1) is 0 Å². The Hall–Kier alpha value is -0.970. The third kappa shape index (κ3) is 3.27. The first kappa shape index (κ1) is 12.1. The zero-order valence-electron chi connectivity index (χ0n) is 8.99. The van der Waals surface area contributed by atoms with E-state index in [9.17, 15) is 9.59 Å². The van der Waals surface area contributed by atoms with E-state index in [1.54, 1.807) is 11.8 Å². The number of esters is 1. The van der Waals surface area contributed by atoms with Crippen molar-refractivity contribution in [2.24, 2.45) is 0 Å². The van der Waals surface area contributed by atoms with Crippen molar-refractivity contribution in [3.8, 4) is 0 Å². The van der Waals surface area contributed by atoms with Crippen LogP contribution in [0.4, 0.5) is 0 Å². The molecule has 0 aromatic heterocycles. The minimum absolute atomic E-state index is 0.0670. The summed E-state index contributed by atoms with van der Waals surface area (Å²) in [5, 5.41) is 0.709. The van der Waals surface area contributed by atoms with Crippen molar-refractivity contribution in [3.05, 3.63) is 11.1 Å².